The highest BCUT2D eigenvalue weighted by molar-refractivity contribution is 5.73. The van der Waals surface area contributed by atoms with Crippen molar-refractivity contribution >= 4 is 5.69 Å². The number of aromatic nitrogens is 2. The van der Waals surface area contributed by atoms with Crippen molar-refractivity contribution in [1.82, 2.24) is 9.78 Å². The van der Waals surface area contributed by atoms with Gasteiger partial charge in [-0.15, -0.1) is 0 Å². The molecule has 0 aliphatic heterocycles. The van der Waals surface area contributed by atoms with Gasteiger partial charge in [0.05, 0.1) is 12.2 Å². The molecule has 2 N–H and O–H groups in total. The van der Waals surface area contributed by atoms with E-state index in [1.54, 1.807) is 0 Å². The van der Waals surface area contributed by atoms with Crippen LogP contribution in [0.25, 0.3) is 11.1 Å². The van der Waals surface area contributed by atoms with Gasteiger partial charge in [-0.2, -0.15) is 5.10 Å². The summed E-state index contributed by atoms with van der Waals surface area (Å²) in [6.07, 6.45) is 6.41. The number of hydrogen-bond donors (Lipinski definition) is 1. The Morgan fingerprint density at radius 2 is 1.96 bits per heavy atom. The quantitative estimate of drug-likeness (QED) is 0.724. The molecule has 1 heterocycles. The molecule has 4 heteroatoms. The number of hydrogen-bond acceptors (Lipinski definition) is 3. The molecule has 1 aromatic heterocycles. The molecule has 0 spiro atoms. The van der Waals surface area contributed by atoms with Crippen molar-refractivity contribution in [2.45, 2.75) is 25.5 Å². The number of ether oxygens (including phenoxy) is 1. The number of anilines is 1. The first kappa shape index (κ1) is 13.9. The van der Waals surface area contributed by atoms with Gasteiger partial charge in [0.25, 0.3) is 0 Å². The van der Waals surface area contributed by atoms with Crippen LogP contribution in [0.5, 0.6) is 5.75 Å². The molecule has 4 rings (SSSR count). The van der Waals surface area contributed by atoms with Crippen molar-refractivity contribution in [3.8, 4) is 16.9 Å². The minimum absolute atomic E-state index is 0.536. The third-order valence-electron chi connectivity index (χ3n) is 4.07. The largest absolute Gasteiger partial charge is 0.488 e. The number of nitrogen functional groups attached to an aromatic ring is 1. The van der Waals surface area contributed by atoms with Crippen molar-refractivity contribution in [2.75, 3.05) is 5.73 Å². The van der Waals surface area contributed by atoms with E-state index in [2.05, 4.69) is 23.4 Å². The van der Waals surface area contributed by atoms with E-state index in [1.807, 2.05) is 47.3 Å². The fourth-order valence-electron chi connectivity index (χ4n) is 2.65. The third kappa shape index (κ3) is 3.06. The summed E-state index contributed by atoms with van der Waals surface area (Å²) in [6.45, 7) is 0.536. The summed E-state index contributed by atoms with van der Waals surface area (Å²) < 4.78 is 8.07. The van der Waals surface area contributed by atoms with E-state index in [0.717, 1.165) is 28.1 Å². The molecule has 0 unspecified atom stereocenters. The molecular weight excluding hydrogens is 286 g/mol. The minimum Gasteiger partial charge on any atom is -0.488 e. The van der Waals surface area contributed by atoms with Crippen LogP contribution in [0.4, 0.5) is 5.69 Å². The molecule has 1 fully saturated rings. The topological polar surface area (TPSA) is 53.1 Å². The number of benzene rings is 2. The predicted molar refractivity (Wildman–Crippen MR) is 91.1 cm³/mol. The van der Waals surface area contributed by atoms with E-state index in [0.29, 0.717) is 12.6 Å². The van der Waals surface area contributed by atoms with Crippen molar-refractivity contribution in [1.29, 1.82) is 0 Å². The Hall–Kier alpha value is -2.75. The second kappa shape index (κ2) is 5.80. The maximum Gasteiger partial charge on any atom is 0.127 e. The zero-order valence-corrected chi connectivity index (χ0v) is 12.9. The highest BCUT2D eigenvalue weighted by atomic mass is 16.5. The zero-order chi connectivity index (χ0) is 15.6. The maximum atomic E-state index is 6.03. The number of nitrogens with two attached hydrogens (primary N) is 1. The van der Waals surface area contributed by atoms with Crippen LogP contribution in [0.2, 0.25) is 0 Å². The van der Waals surface area contributed by atoms with Crippen LogP contribution < -0.4 is 10.5 Å². The molecule has 116 valence electrons. The van der Waals surface area contributed by atoms with E-state index in [9.17, 15) is 0 Å². The minimum atomic E-state index is 0.536. The highest BCUT2D eigenvalue weighted by Gasteiger charge is 2.24. The lowest BCUT2D eigenvalue weighted by Gasteiger charge is -2.11. The monoisotopic (exact) mass is 305 g/mol. The molecular formula is C19H19N3O. The standard InChI is InChI=1S/C19H19N3O/c20-16-6-9-19(23-13-14-4-2-1-3-5-14)18(10-16)15-11-21-22(12-15)17-7-8-17/h1-6,9-12,17H,7-8,13,20H2. The van der Waals surface area contributed by atoms with E-state index in [1.165, 1.54) is 12.8 Å². The van der Waals surface area contributed by atoms with Gasteiger partial charge in [-0.05, 0) is 36.6 Å². The Morgan fingerprint density at radius 1 is 1.13 bits per heavy atom. The summed E-state index contributed by atoms with van der Waals surface area (Å²) in [7, 11) is 0. The predicted octanol–water partition coefficient (Wildman–Crippen LogP) is 4.05. The van der Waals surface area contributed by atoms with Crippen LogP contribution in [0.15, 0.2) is 60.9 Å². The van der Waals surface area contributed by atoms with Gasteiger partial charge in [-0.3, -0.25) is 4.68 Å². The first-order valence-corrected chi connectivity index (χ1v) is 7.90. The van der Waals surface area contributed by atoms with E-state index in [-0.39, 0.29) is 0 Å². The Kier molecular flexibility index (Phi) is 3.50. The molecule has 0 saturated heterocycles. The Balaban J connectivity index is 1.61. The molecule has 0 amide bonds. The van der Waals surface area contributed by atoms with Crippen molar-refractivity contribution in [3.05, 3.63) is 66.5 Å². The van der Waals surface area contributed by atoms with Gasteiger partial charge in [-0.1, -0.05) is 30.3 Å². The molecule has 4 nitrogen and oxygen atoms in total. The van der Waals surface area contributed by atoms with Gasteiger partial charge < -0.3 is 10.5 Å². The van der Waals surface area contributed by atoms with Crippen molar-refractivity contribution in [3.63, 3.8) is 0 Å². The smallest absolute Gasteiger partial charge is 0.127 e. The van der Waals surface area contributed by atoms with Gasteiger partial charge in [-0.25, -0.2) is 0 Å². The summed E-state index contributed by atoms with van der Waals surface area (Å²) >= 11 is 0. The summed E-state index contributed by atoms with van der Waals surface area (Å²) in [5.74, 6) is 0.832. The van der Waals surface area contributed by atoms with Crippen LogP contribution in [0, 0.1) is 0 Å². The molecule has 0 radical (unpaired) electrons. The van der Waals surface area contributed by atoms with Gasteiger partial charge in [0.2, 0.25) is 0 Å². The summed E-state index contributed by atoms with van der Waals surface area (Å²) in [4.78, 5) is 0. The third-order valence-corrected chi connectivity index (χ3v) is 4.07. The Bertz CT molecular complexity index is 806. The second-order valence-corrected chi connectivity index (χ2v) is 5.97. The van der Waals surface area contributed by atoms with E-state index >= 15 is 0 Å². The SMILES string of the molecule is Nc1ccc(OCc2ccccc2)c(-c2cnn(C3CC3)c2)c1. The fraction of sp³-hybridized carbons (Fsp3) is 0.211. The first-order chi connectivity index (χ1) is 11.3. The Morgan fingerprint density at radius 3 is 2.74 bits per heavy atom. The van der Waals surface area contributed by atoms with Crippen LogP contribution in [0.1, 0.15) is 24.4 Å². The summed E-state index contributed by atoms with van der Waals surface area (Å²) in [5.41, 5.74) is 9.88. The average Bonchev–Trinajstić information content (AvgIpc) is 3.32. The summed E-state index contributed by atoms with van der Waals surface area (Å²) in [6, 6.07) is 16.5. The molecule has 1 aliphatic carbocycles. The molecule has 2 aromatic carbocycles. The van der Waals surface area contributed by atoms with Crippen molar-refractivity contribution in [2.24, 2.45) is 0 Å². The lowest BCUT2D eigenvalue weighted by atomic mass is 10.1. The maximum absolute atomic E-state index is 6.03. The molecule has 3 aromatic rings. The fourth-order valence-corrected chi connectivity index (χ4v) is 2.65. The number of rotatable bonds is 5. The average molecular weight is 305 g/mol. The molecule has 23 heavy (non-hydrogen) atoms. The van der Waals surface area contributed by atoms with E-state index < -0.39 is 0 Å². The first-order valence-electron chi connectivity index (χ1n) is 7.90. The van der Waals surface area contributed by atoms with E-state index in [4.69, 9.17) is 10.5 Å². The van der Waals surface area contributed by atoms with Gasteiger partial charge in [0.1, 0.15) is 12.4 Å². The lowest BCUT2D eigenvalue weighted by molar-refractivity contribution is 0.307. The zero-order valence-electron chi connectivity index (χ0n) is 12.9. The lowest BCUT2D eigenvalue weighted by Crippen LogP contribution is -1.97. The molecule has 1 saturated carbocycles. The van der Waals surface area contributed by atoms with Gasteiger partial charge >= 0.3 is 0 Å². The highest BCUT2D eigenvalue weighted by Crippen LogP contribution is 2.37. The normalized spacial score (nSPS) is 13.9. The molecule has 0 atom stereocenters. The van der Waals surface area contributed by atoms with Crippen LogP contribution >= 0.6 is 0 Å². The van der Waals surface area contributed by atoms with Gasteiger partial charge in [0, 0.05) is 23.0 Å². The van der Waals surface area contributed by atoms with Crippen molar-refractivity contribution < 1.29 is 4.74 Å². The van der Waals surface area contributed by atoms with Crippen LogP contribution in [0.3, 0.4) is 0 Å². The number of nitrogens with zero attached hydrogens (tertiary/aromatic N) is 2. The van der Waals surface area contributed by atoms with Crippen LogP contribution in [-0.2, 0) is 6.61 Å². The second-order valence-electron chi connectivity index (χ2n) is 5.97. The Labute approximate surface area is 135 Å². The molecule has 0 bridgehead atoms. The molecule has 1 aliphatic rings. The van der Waals surface area contributed by atoms with Crippen LogP contribution in [-0.4, -0.2) is 9.78 Å². The van der Waals surface area contributed by atoms with Gasteiger partial charge in [0.15, 0.2) is 0 Å². The summed E-state index contributed by atoms with van der Waals surface area (Å²) in [5, 5.41) is 4.46.